The number of hydrogen-bond donors (Lipinski definition) is 0. The zero-order valence-corrected chi connectivity index (χ0v) is 12.3. The van der Waals surface area contributed by atoms with Gasteiger partial charge in [0.2, 0.25) is 10.0 Å². The molecule has 104 valence electrons. The predicted octanol–water partition coefficient (Wildman–Crippen LogP) is 3.23. The Morgan fingerprint density at radius 2 is 1.70 bits per heavy atom. The second-order valence-electron chi connectivity index (χ2n) is 4.88. The lowest BCUT2D eigenvalue weighted by Gasteiger charge is -2.06. The summed E-state index contributed by atoms with van der Waals surface area (Å²) >= 11 is 5.80. The van der Waals surface area contributed by atoms with Gasteiger partial charge < -0.3 is 0 Å². The van der Waals surface area contributed by atoms with Crippen LogP contribution >= 0.6 is 11.6 Å². The van der Waals surface area contributed by atoms with Gasteiger partial charge in [0.1, 0.15) is 0 Å². The molecule has 5 heteroatoms. The van der Waals surface area contributed by atoms with Crippen molar-refractivity contribution in [1.82, 2.24) is 4.31 Å². The molecule has 1 fully saturated rings. The molecule has 0 aromatic heterocycles. The quantitative estimate of drug-likeness (QED) is 0.813. The van der Waals surface area contributed by atoms with Crippen LogP contribution in [0.15, 0.2) is 54.6 Å². The van der Waals surface area contributed by atoms with E-state index in [1.165, 1.54) is 4.31 Å². The van der Waals surface area contributed by atoms with E-state index in [1.54, 1.807) is 24.3 Å². The van der Waals surface area contributed by atoms with E-state index in [4.69, 9.17) is 11.6 Å². The van der Waals surface area contributed by atoms with E-state index in [-0.39, 0.29) is 11.8 Å². The molecule has 1 saturated heterocycles. The maximum atomic E-state index is 12.3. The van der Waals surface area contributed by atoms with Crippen molar-refractivity contribution in [2.24, 2.45) is 0 Å². The zero-order valence-electron chi connectivity index (χ0n) is 10.7. The molecule has 1 aliphatic rings. The van der Waals surface area contributed by atoms with Gasteiger partial charge in [0, 0.05) is 11.6 Å². The highest BCUT2D eigenvalue weighted by molar-refractivity contribution is 7.88. The van der Waals surface area contributed by atoms with Gasteiger partial charge in [-0.3, -0.25) is 0 Å². The van der Waals surface area contributed by atoms with Crippen molar-refractivity contribution in [3.05, 3.63) is 70.7 Å². The number of nitrogens with zero attached hydrogens (tertiary/aromatic N) is 1. The summed E-state index contributed by atoms with van der Waals surface area (Å²) in [6.45, 7) is 0.569. The first-order valence-corrected chi connectivity index (χ1v) is 8.34. The van der Waals surface area contributed by atoms with E-state index in [0.717, 1.165) is 11.1 Å². The molecule has 1 aliphatic heterocycles. The maximum absolute atomic E-state index is 12.3. The van der Waals surface area contributed by atoms with E-state index < -0.39 is 10.0 Å². The Labute approximate surface area is 123 Å². The van der Waals surface area contributed by atoms with Gasteiger partial charge in [0.05, 0.1) is 11.8 Å². The number of hydrogen-bond acceptors (Lipinski definition) is 2. The van der Waals surface area contributed by atoms with Crippen LogP contribution in [0.25, 0.3) is 0 Å². The van der Waals surface area contributed by atoms with Crippen LogP contribution in [0.4, 0.5) is 0 Å². The third-order valence-corrected chi connectivity index (χ3v) is 5.44. The molecule has 0 N–H and O–H groups in total. The SMILES string of the molecule is O=S(=O)(Cc1ccc(Cl)cc1)N1C[C@@H]1c1ccccc1. The average Bonchev–Trinajstić information content (AvgIpc) is 3.23. The maximum Gasteiger partial charge on any atom is 0.218 e. The van der Waals surface area contributed by atoms with Gasteiger partial charge in [-0.1, -0.05) is 54.1 Å². The number of rotatable bonds is 4. The van der Waals surface area contributed by atoms with Gasteiger partial charge in [-0.15, -0.1) is 0 Å². The van der Waals surface area contributed by atoms with Gasteiger partial charge >= 0.3 is 0 Å². The van der Waals surface area contributed by atoms with Crippen LogP contribution in [0, 0.1) is 0 Å². The summed E-state index contributed by atoms with van der Waals surface area (Å²) in [6, 6.07) is 16.6. The normalized spacial score (nSPS) is 21.6. The van der Waals surface area contributed by atoms with Gasteiger partial charge in [-0.05, 0) is 23.3 Å². The van der Waals surface area contributed by atoms with Crippen LogP contribution in [0.5, 0.6) is 0 Å². The van der Waals surface area contributed by atoms with Crippen LogP contribution in [0.2, 0.25) is 5.02 Å². The van der Waals surface area contributed by atoms with Crippen molar-refractivity contribution in [2.45, 2.75) is 11.8 Å². The fraction of sp³-hybridized carbons (Fsp3) is 0.200. The Balaban J connectivity index is 1.73. The van der Waals surface area contributed by atoms with E-state index in [1.807, 2.05) is 30.3 Å². The minimum Gasteiger partial charge on any atom is -0.212 e. The second-order valence-corrected chi connectivity index (χ2v) is 7.24. The second kappa shape index (κ2) is 5.20. The summed E-state index contributed by atoms with van der Waals surface area (Å²) in [4.78, 5) is 0. The first-order valence-electron chi connectivity index (χ1n) is 6.35. The fourth-order valence-electron chi connectivity index (χ4n) is 2.25. The molecule has 0 saturated carbocycles. The van der Waals surface area contributed by atoms with Crippen LogP contribution < -0.4 is 0 Å². The molecule has 0 amide bonds. The summed E-state index contributed by atoms with van der Waals surface area (Å²) < 4.78 is 26.2. The number of halogens is 1. The standard InChI is InChI=1S/C15H14ClNO2S/c16-14-8-6-12(7-9-14)11-20(18,19)17-10-15(17)13-4-2-1-3-5-13/h1-9,15H,10-11H2/t15-,17?/m1/s1. The first kappa shape index (κ1) is 13.6. The minimum atomic E-state index is -3.26. The Hall–Kier alpha value is -1.36. The summed E-state index contributed by atoms with van der Waals surface area (Å²) in [5, 5.41) is 0.611. The molecule has 0 spiro atoms. The Kier molecular flexibility index (Phi) is 3.54. The summed E-state index contributed by atoms with van der Waals surface area (Å²) in [6.07, 6.45) is 0. The number of benzene rings is 2. The van der Waals surface area contributed by atoms with Crippen molar-refractivity contribution in [2.75, 3.05) is 6.54 Å². The van der Waals surface area contributed by atoms with Gasteiger partial charge in [-0.25, -0.2) is 8.42 Å². The molecular weight excluding hydrogens is 294 g/mol. The zero-order chi connectivity index (χ0) is 14.2. The van der Waals surface area contributed by atoms with Crippen molar-refractivity contribution < 1.29 is 8.42 Å². The topological polar surface area (TPSA) is 37.1 Å². The van der Waals surface area contributed by atoms with Crippen LogP contribution in [-0.2, 0) is 15.8 Å². The Bertz CT molecular complexity index is 698. The molecule has 0 aliphatic carbocycles. The summed E-state index contributed by atoms with van der Waals surface area (Å²) in [5.41, 5.74) is 1.81. The molecule has 1 unspecified atom stereocenters. The molecular formula is C15H14ClNO2S. The van der Waals surface area contributed by atoms with Gasteiger partial charge in [0.15, 0.2) is 0 Å². The average molecular weight is 308 g/mol. The molecule has 2 aromatic rings. The van der Waals surface area contributed by atoms with Crippen molar-refractivity contribution in [3.8, 4) is 0 Å². The first-order chi connectivity index (χ1) is 9.56. The van der Waals surface area contributed by atoms with Crippen molar-refractivity contribution in [1.29, 1.82) is 0 Å². The molecule has 3 nitrogen and oxygen atoms in total. The number of sulfonamides is 1. The third-order valence-electron chi connectivity index (χ3n) is 3.37. The third kappa shape index (κ3) is 2.87. The van der Waals surface area contributed by atoms with E-state index in [2.05, 4.69) is 0 Å². The predicted molar refractivity (Wildman–Crippen MR) is 80.0 cm³/mol. The molecule has 2 aromatic carbocycles. The highest BCUT2D eigenvalue weighted by Crippen LogP contribution is 2.38. The molecule has 0 radical (unpaired) electrons. The van der Waals surface area contributed by atoms with Crippen molar-refractivity contribution in [3.63, 3.8) is 0 Å². The summed E-state index contributed by atoms with van der Waals surface area (Å²) in [7, 11) is -3.26. The van der Waals surface area contributed by atoms with E-state index in [9.17, 15) is 8.42 Å². The highest BCUT2D eigenvalue weighted by Gasteiger charge is 2.44. The lowest BCUT2D eigenvalue weighted by Crippen LogP contribution is -2.14. The largest absolute Gasteiger partial charge is 0.218 e. The highest BCUT2D eigenvalue weighted by atomic mass is 35.5. The molecule has 20 heavy (non-hydrogen) atoms. The smallest absolute Gasteiger partial charge is 0.212 e. The fourth-order valence-corrected chi connectivity index (χ4v) is 4.04. The van der Waals surface area contributed by atoms with Crippen molar-refractivity contribution >= 4 is 21.6 Å². The molecule has 0 bridgehead atoms. The lowest BCUT2D eigenvalue weighted by atomic mass is 10.2. The lowest BCUT2D eigenvalue weighted by molar-refractivity contribution is 0.553. The Morgan fingerprint density at radius 1 is 1.05 bits per heavy atom. The van der Waals surface area contributed by atoms with Crippen LogP contribution in [-0.4, -0.2) is 19.3 Å². The molecule has 1 heterocycles. The molecule has 3 rings (SSSR count). The summed E-state index contributed by atoms with van der Waals surface area (Å²) in [5.74, 6) is 0.0213. The van der Waals surface area contributed by atoms with E-state index >= 15 is 0 Å². The van der Waals surface area contributed by atoms with E-state index in [0.29, 0.717) is 11.6 Å². The Morgan fingerprint density at radius 3 is 2.35 bits per heavy atom. The minimum absolute atomic E-state index is 0.00602. The monoisotopic (exact) mass is 307 g/mol. The van der Waals surface area contributed by atoms with Crippen LogP contribution in [0.3, 0.4) is 0 Å². The van der Waals surface area contributed by atoms with Gasteiger partial charge in [-0.2, -0.15) is 4.31 Å². The molecule has 2 atom stereocenters. The van der Waals surface area contributed by atoms with Crippen LogP contribution in [0.1, 0.15) is 17.2 Å². The van der Waals surface area contributed by atoms with Gasteiger partial charge in [0.25, 0.3) is 0 Å².